The second-order valence-electron chi connectivity index (χ2n) is 5.85. The van der Waals surface area contributed by atoms with Crippen LogP contribution in [0.4, 0.5) is 0 Å². The zero-order valence-electron chi connectivity index (χ0n) is 14.3. The van der Waals surface area contributed by atoms with Crippen LogP contribution < -0.4 is 10.6 Å². The lowest BCUT2D eigenvalue weighted by Gasteiger charge is -2.13. The summed E-state index contributed by atoms with van der Waals surface area (Å²) in [6, 6.07) is 10.6. The lowest BCUT2D eigenvalue weighted by molar-refractivity contribution is -0.120. The first-order valence-corrected chi connectivity index (χ1v) is 7.96. The Hall–Kier alpha value is -3.02. The third kappa shape index (κ3) is 4.97. The second-order valence-corrected chi connectivity index (χ2v) is 5.85. The minimum absolute atomic E-state index is 0.0999. The second kappa shape index (κ2) is 8.19. The predicted octanol–water partition coefficient (Wildman–Crippen LogP) is 1.96. The van der Waals surface area contributed by atoms with E-state index in [-0.39, 0.29) is 36.4 Å². The molecule has 0 aromatic heterocycles. The molecule has 0 aliphatic rings. The topological polar surface area (TPSA) is 98.7 Å². The predicted molar refractivity (Wildman–Crippen MR) is 94.1 cm³/mol. The summed E-state index contributed by atoms with van der Waals surface area (Å²) in [7, 11) is 0. The highest BCUT2D eigenvalue weighted by molar-refractivity contribution is 5.73. The van der Waals surface area contributed by atoms with Crippen LogP contribution >= 0.6 is 0 Å². The van der Waals surface area contributed by atoms with Crippen molar-refractivity contribution in [1.29, 1.82) is 0 Å². The van der Waals surface area contributed by atoms with Crippen molar-refractivity contribution in [3.8, 4) is 11.5 Å². The number of hydrogen-bond acceptors (Lipinski definition) is 4. The molecule has 0 saturated carbocycles. The van der Waals surface area contributed by atoms with Crippen molar-refractivity contribution >= 4 is 11.8 Å². The van der Waals surface area contributed by atoms with Gasteiger partial charge in [0.15, 0.2) is 0 Å². The Morgan fingerprint density at radius 3 is 1.48 bits per heavy atom. The Morgan fingerprint density at radius 2 is 1.12 bits per heavy atom. The van der Waals surface area contributed by atoms with Crippen LogP contribution in [0.15, 0.2) is 36.4 Å². The molecular formula is C19H22N2O4. The minimum Gasteiger partial charge on any atom is -0.507 e. The first-order chi connectivity index (χ1) is 11.9. The van der Waals surface area contributed by atoms with Gasteiger partial charge in [-0.05, 0) is 11.1 Å². The summed E-state index contributed by atoms with van der Waals surface area (Å²) < 4.78 is 0. The van der Waals surface area contributed by atoms with Crippen LogP contribution in [0.2, 0.25) is 0 Å². The van der Waals surface area contributed by atoms with Crippen molar-refractivity contribution in [2.45, 2.75) is 33.4 Å². The largest absolute Gasteiger partial charge is 0.507 e. The molecule has 2 amide bonds. The molecule has 0 fully saturated rings. The highest BCUT2D eigenvalue weighted by Crippen LogP contribution is 2.30. The Balaban J connectivity index is 2.22. The number of phenols is 2. The molecule has 0 saturated heterocycles. The maximum Gasteiger partial charge on any atom is 0.217 e. The van der Waals surface area contributed by atoms with E-state index in [1.807, 2.05) is 0 Å². The fraction of sp³-hybridized carbons (Fsp3) is 0.263. The van der Waals surface area contributed by atoms with E-state index < -0.39 is 0 Å². The molecule has 4 N–H and O–H groups in total. The summed E-state index contributed by atoms with van der Waals surface area (Å²) in [5.41, 5.74) is 2.52. The van der Waals surface area contributed by atoms with Gasteiger partial charge in [0.25, 0.3) is 0 Å². The standard InChI is InChI=1S/C19H22N2O4/c1-12(22)20-10-16-7-3-5-14(18(16)24)9-15-6-4-8-17(19(15)25)11-21-13(2)23/h3-8,24-25H,9-11H2,1-2H3,(H,20,22)(H,21,23). The van der Waals surface area contributed by atoms with Crippen molar-refractivity contribution in [1.82, 2.24) is 10.6 Å². The van der Waals surface area contributed by atoms with E-state index in [0.29, 0.717) is 28.7 Å². The molecule has 25 heavy (non-hydrogen) atoms. The molecule has 0 bridgehead atoms. The van der Waals surface area contributed by atoms with Crippen molar-refractivity contribution < 1.29 is 19.8 Å². The molecule has 0 aliphatic heterocycles. The molecule has 0 spiro atoms. The Bertz CT molecular complexity index is 721. The van der Waals surface area contributed by atoms with Gasteiger partial charge in [-0.1, -0.05) is 36.4 Å². The Kier molecular flexibility index (Phi) is 6.00. The minimum atomic E-state index is -0.173. The number of nitrogens with one attached hydrogen (secondary N) is 2. The van der Waals surface area contributed by atoms with Gasteiger partial charge in [0.05, 0.1) is 0 Å². The normalized spacial score (nSPS) is 10.3. The monoisotopic (exact) mass is 342 g/mol. The summed E-state index contributed by atoms with van der Waals surface area (Å²) in [4.78, 5) is 22.1. The van der Waals surface area contributed by atoms with Crippen molar-refractivity contribution in [2.75, 3.05) is 0 Å². The fourth-order valence-electron chi connectivity index (χ4n) is 2.50. The molecule has 6 heteroatoms. The zero-order chi connectivity index (χ0) is 18.4. The molecule has 0 unspecified atom stereocenters. The van der Waals surface area contributed by atoms with Crippen LogP contribution in [-0.4, -0.2) is 22.0 Å². The number of carbonyl (C=O) groups excluding carboxylic acids is 2. The number of rotatable bonds is 6. The number of amides is 2. The molecule has 0 atom stereocenters. The molecule has 0 aliphatic carbocycles. The first-order valence-electron chi connectivity index (χ1n) is 7.96. The lowest BCUT2D eigenvalue weighted by Crippen LogP contribution is -2.19. The third-order valence-corrected chi connectivity index (χ3v) is 3.84. The van der Waals surface area contributed by atoms with Crippen LogP contribution in [0.5, 0.6) is 11.5 Å². The van der Waals surface area contributed by atoms with E-state index >= 15 is 0 Å². The number of para-hydroxylation sites is 2. The van der Waals surface area contributed by atoms with Crippen LogP contribution in [0.1, 0.15) is 36.1 Å². The van der Waals surface area contributed by atoms with Gasteiger partial charge < -0.3 is 20.8 Å². The maximum atomic E-state index is 11.0. The highest BCUT2D eigenvalue weighted by Gasteiger charge is 2.12. The summed E-state index contributed by atoms with van der Waals surface area (Å²) >= 11 is 0. The van der Waals surface area contributed by atoms with Gasteiger partial charge in [0, 0.05) is 44.5 Å². The van der Waals surface area contributed by atoms with Crippen molar-refractivity contribution in [3.05, 3.63) is 58.7 Å². The van der Waals surface area contributed by atoms with E-state index in [1.54, 1.807) is 36.4 Å². The van der Waals surface area contributed by atoms with E-state index in [1.165, 1.54) is 13.8 Å². The number of hydrogen-bond donors (Lipinski definition) is 4. The Morgan fingerprint density at radius 1 is 0.760 bits per heavy atom. The van der Waals surface area contributed by atoms with Gasteiger partial charge >= 0.3 is 0 Å². The van der Waals surface area contributed by atoms with E-state index in [9.17, 15) is 19.8 Å². The zero-order valence-corrected chi connectivity index (χ0v) is 14.3. The molecule has 132 valence electrons. The van der Waals surface area contributed by atoms with Crippen LogP contribution in [0.3, 0.4) is 0 Å². The molecule has 2 aromatic carbocycles. The smallest absolute Gasteiger partial charge is 0.217 e. The first kappa shape index (κ1) is 18.3. The molecule has 2 rings (SSSR count). The van der Waals surface area contributed by atoms with Crippen LogP contribution in [-0.2, 0) is 29.1 Å². The number of carbonyl (C=O) groups is 2. The number of aromatic hydroxyl groups is 2. The summed E-state index contributed by atoms with van der Waals surface area (Å²) in [5.74, 6) is -0.146. The molecule has 0 heterocycles. The average Bonchev–Trinajstić information content (AvgIpc) is 2.56. The molecule has 0 radical (unpaired) electrons. The van der Waals surface area contributed by atoms with Gasteiger partial charge in [-0.15, -0.1) is 0 Å². The van der Waals surface area contributed by atoms with E-state index in [2.05, 4.69) is 10.6 Å². The SMILES string of the molecule is CC(=O)NCc1cccc(Cc2cccc(CNC(C)=O)c2O)c1O. The van der Waals surface area contributed by atoms with Crippen molar-refractivity contribution in [2.24, 2.45) is 0 Å². The summed E-state index contributed by atoms with van der Waals surface area (Å²) in [6.45, 7) is 3.31. The quantitative estimate of drug-likeness (QED) is 0.645. The summed E-state index contributed by atoms with van der Waals surface area (Å²) in [6.07, 6.45) is 0.333. The highest BCUT2D eigenvalue weighted by atomic mass is 16.3. The fourth-order valence-corrected chi connectivity index (χ4v) is 2.50. The van der Waals surface area contributed by atoms with Crippen LogP contribution in [0, 0.1) is 0 Å². The van der Waals surface area contributed by atoms with E-state index in [0.717, 1.165) is 0 Å². The lowest BCUT2D eigenvalue weighted by atomic mass is 9.98. The van der Waals surface area contributed by atoms with Crippen molar-refractivity contribution in [3.63, 3.8) is 0 Å². The molecule has 6 nitrogen and oxygen atoms in total. The third-order valence-electron chi connectivity index (χ3n) is 3.84. The Labute approximate surface area is 146 Å². The van der Waals surface area contributed by atoms with Gasteiger partial charge in [0.2, 0.25) is 11.8 Å². The van der Waals surface area contributed by atoms with Gasteiger partial charge in [-0.2, -0.15) is 0 Å². The van der Waals surface area contributed by atoms with E-state index in [4.69, 9.17) is 0 Å². The number of phenolic OH excluding ortho intramolecular Hbond substituents is 2. The average molecular weight is 342 g/mol. The summed E-state index contributed by atoms with van der Waals surface area (Å²) in [5, 5.41) is 26.1. The number of benzene rings is 2. The van der Waals surface area contributed by atoms with Gasteiger partial charge in [-0.25, -0.2) is 0 Å². The van der Waals surface area contributed by atoms with Crippen LogP contribution in [0.25, 0.3) is 0 Å². The maximum absolute atomic E-state index is 11.0. The van der Waals surface area contributed by atoms with Gasteiger partial charge in [0.1, 0.15) is 11.5 Å². The molecule has 2 aromatic rings. The van der Waals surface area contributed by atoms with Gasteiger partial charge in [-0.3, -0.25) is 9.59 Å². The molecular weight excluding hydrogens is 320 g/mol.